The molecule has 1 aromatic heterocycles. The summed E-state index contributed by atoms with van der Waals surface area (Å²) in [7, 11) is 0. The van der Waals surface area contributed by atoms with Gasteiger partial charge in [-0.05, 0) is 52.7 Å². The van der Waals surface area contributed by atoms with E-state index in [1.807, 2.05) is 6.08 Å². The van der Waals surface area contributed by atoms with Gasteiger partial charge in [0.15, 0.2) is 0 Å². The zero-order chi connectivity index (χ0) is 19.6. The molecule has 1 unspecified atom stereocenters. The standard InChI is InChI=1S/C19H18BrF3N2O2/c1-12-8-13(10-15(20)9-12)17-11-18(25(24-17)6-7-26)27-16-4-2-14(3-5-16)19(21,22)23/h2-5,8,10-12,26H,6-7,9H2,1H3. The molecule has 1 aromatic carbocycles. The van der Waals surface area contributed by atoms with E-state index < -0.39 is 11.7 Å². The molecule has 1 heterocycles. The second kappa shape index (κ2) is 7.90. The van der Waals surface area contributed by atoms with Crippen LogP contribution in [0.3, 0.4) is 0 Å². The molecule has 0 saturated heterocycles. The van der Waals surface area contributed by atoms with Gasteiger partial charge >= 0.3 is 6.18 Å². The molecule has 3 rings (SSSR count). The first-order valence-electron chi connectivity index (χ1n) is 8.38. The normalized spacial score (nSPS) is 17.5. The largest absolute Gasteiger partial charge is 0.439 e. The monoisotopic (exact) mass is 442 g/mol. The van der Waals surface area contributed by atoms with Crippen molar-refractivity contribution in [1.82, 2.24) is 9.78 Å². The average molecular weight is 443 g/mol. The van der Waals surface area contributed by atoms with Crippen LogP contribution in [0.25, 0.3) is 5.57 Å². The van der Waals surface area contributed by atoms with E-state index in [9.17, 15) is 18.3 Å². The number of aliphatic hydroxyl groups is 1. The van der Waals surface area contributed by atoms with Crippen molar-refractivity contribution >= 4 is 21.5 Å². The minimum absolute atomic E-state index is 0.139. The Morgan fingerprint density at radius 3 is 2.59 bits per heavy atom. The fourth-order valence-corrected chi connectivity index (χ4v) is 3.58. The number of halogens is 4. The molecule has 27 heavy (non-hydrogen) atoms. The number of aliphatic hydroxyl groups excluding tert-OH is 1. The molecule has 0 fully saturated rings. The van der Waals surface area contributed by atoms with Gasteiger partial charge in [-0.2, -0.15) is 18.3 Å². The lowest BCUT2D eigenvalue weighted by Crippen LogP contribution is -2.07. The van der Waals surface area contributed by atoms with Gasteiger partial charge in [0.1, 0.15) is 5.75 Å². The molecular weight excluding hydrogens is 425 g/mol. The fraction of sp³-hybridized carbons (Fsp3) is 0.316. The van der Waals surface area contributed by atoms with E-state index in [0.717, 1.165) is 28.6 Å². The van der Waals surface area contributed by atoms with Gasteiger partial charge in [0.25, 0.3) is 0 Å². The highest BCUT2D eigenvalue weighted by atomic mass is 79.9. The zero-order valence-corrected chi connectivity index (χ0v) is 16.1. The molecule has 4 nitrogen and oxygen atoms in total. The van der Waals surface area contributed by atoms with Crippen LogP contribution in [0.15, 0.2) is 47.0 Å². The maximum Gasteiger partial charge on any atom is 0.416 e. The average Bonchev–Trinajstić information content (AvgIpc) is 2.97. The molecule has 0 amide bonds. The van der Waals surface area contributed by atoms with Crippen molar-refractivity contribution in [2.24, 2.45) is 5.92 Å². The van der Waals surface area contributed by atoms with E-state index in [1.54, 1.807) is 6.07 Å². The number of ether oxygens (including phenoxy) is 1. The minimum atomic E-state index is -4.39. The third kappa shape index (κ3) is 4.81. The molecule has 8 heteroatoms. The van der Waals surface area contributed by atoms with Crippen molar-refractivity contribution in [2.75, 3.05) is 6.61 Å². The van der Waals surface area contributed by atoms with Gasteiger partial charge in [0.2, 0.25) is 5.88 Å². The number of benzene rings is 1. The first-order chi connectivity index (χ1) is 12.8. The van der Waals surface area contributed by atoms with Gasteiger partial charge in [-0.15, -0.1) is 0 Å². The number of hydrogen-bond acceptors (Lipinski definition) is 3. The van der Waals surface area contributed by atoms with E-state index >= 15 is 0 Å². The van der Waals surface area contributed by atoms with Gasteiger partial charge in [0.05, 0.1) is 24.4 Å². The number of nitrogens with zero attached hydrogens (tertiary/aromatic N) is 2. The predicted octanol–water partition coefficient (Wildman–Crippen LogP) is 5.39. The molecule has 1 N–H and O–H groups in total. The molecule has 144 valence electrons. The van der Waals surface area contributed by atoms with Crippen LogP contribution in [0.1, 0.15) is 24.6 Å². The molecule has 1 aliphatic carbocycles. The summed E-state index contributed by atoms with van der Waals surface area (Å²) in [6.07, 6.45) is 0.593. The van der Waals surface area contributed by atoms with Crippen LogP contribution in [0.2, 0.25) is 0 Å². The van der Waals surface area contributed by atoms with E-state index in [-0.39, 0.29) is 18.9 Å². The molecule has 1 aliphatic rings. The highest BCUT2D eigenvalue weighted by molar-refractivity contribution is 9.11. The van der Waals surface area contributed by atoms with Crippen molar-refractivity contribution in [3.05, 3.63) is 58.2 Å². The Hall–Kier alpha value is -2.06. The number of aromatic nitrogens is 2. The maximum atomic E-state index is 12.7. The van der Waals surface area contributed by atoms with E-state index in [0.29, 0.717) is 17.5 Å². The topological polar surface area (TPSA) is 47.3 Å². The van der Waals surface area contributed by atoms with Crippen LogP contribution < -0.4 is 4.74 Å². The van der Waals surface area contributed by atoms with Crippen molar-refractivity contribution < 1.29 is 23.0 Å². The second-order valence-corrected chi connectivity index (χ2v) is 7.35. The first kappa shape index (κ1) is 19.7. The van der Waals surface area contributed by atoms with Crippen LogP contribution in [0.4, 0.5) is 13.2 Å². The van der Waals surface area contributed by atoms with Crippen molar-refractivity contribution in [2.45, 2.75) is 26.1 Å². The van der Waals surface area contributed by atoms with Crippen LogP contribution in [-0.2, 0) is 12.7 Å². The third-order valence-corrected chi connectivity index (χ3v) is 4.60. The molecule has 0 spiro atoms. The Kier molecular flexibility index (Phi) is 5.76. The molecule has 1 atom stereocenters. The summed E-state index contributed by atoms with van der Waals surface area (Å²) in [4.78, 5) is 0. The summed E-state index contributed by atoms with van der Waals surface area (Å²) in [6.45, 7) is 2.17. The predicted molar refractivity (Wildman–Crippen MR) is 99.6 cm³/mol. The second-order valence-electron chi connectivity index (χ2n) is 6.33. The smallest absolute Gasteiger partial charge is 0.416 e. The number of rotatable bonds is 5. The van der Waals surface area contributed by atoms with Gasteiger partial charge in [0, 0.05) is 6.07 Å². The first-order valence-corrected chi connectivity index (χ1v) is 9.17. The molecule has 0 saturated carbocycles. The van der Waals surface area contributed by atoms with Crippen LogP contribution in [-0.4, -0.2) is 21.5 Å². The van der Waals surface area contributed by atoms with Crippen LogP contribution >= 0.6 is 15.9 Å². The summed E-state index contributed by atoms with van der Waals surface area (Å²) in [6, 6.07) is 6.17. The Morgan fingerprint density at radius 1 is 1.30 bits per heavy atom. The van der Waals surface area contributed by atoms with E-state index in [4.69, 9.17) is 4.74 Å². The van der Waals surface area contributed by atoms with Crippen molar-refractivity contribution in [3.8, 4) is 11.6 Å². The van der Waals surface area contributed by atoms with Crippen molar-refractivity contribution in [1.29, 1.82) is 0 Å². The summed E-state index contributed by atoms with van der Waals surface area (Å²) in [5.41, 5.74) is 0.860. The summed E-state index contributed by atoms with van der Waals surface area (Å²) < 4.78 is 46.3. The molecule has 0 bridgehead atoms. The number of alkyl halides is 3. The Labute approximate surface area is 163 Å². The van der Waals surface area contributed by atoms with Gasteiger partial charge < -0.3 is 9.84 Å². The molecule has 0 aliphatic heterocycles. The van der Waals surface area contributed by atoms with Gasteiger partial charge in [-0.25, -0.2) is 4.68 Å². The van der Waals surface area contributed by atoms with Crippen molar-refractivity contribution in [3.63, 3.8) is 0 Å². The van der Waals surface area contributed by atoms with Gasteiger partial charge in [-0.3, -0.25) is 0 Å². The van der Waals surface area contributed by atoms with E-state index in [1.165, 1.54) is 16.8 Å². The Morgan fingerprint density at radius 2 is 2.00 bits per heavy atom. The fourth-order valence-electron chi connectivity index (χ4n) is 2.82. The quantitative estimate of drug-likeness (QED) is 0.675. The lowest BCUT2D eigenvalue weighted by molar-refractivity contribution is -0.137. The Bertz CT molecular complexity index is 870. The lowest BCUT2D eigenvalue weighted by Gasteiger charge is -2.13. The summed E-state index contributed by atoms with van der Waals surface area (Å²) in [5, 5.41) is 13.7. The molecule has 2 aromatic rings. The maximum absolute atomic E-state index is 12.7. The lowest BCUT2D eigenvalue weighted by atomic mass is 9.96. The van der Waals surface area contributed by atoms with Crippen LogP contribution in [0.5, 0.6) is 11.6 Å². The summed E-state index contributed by atoms with van der Waals surface area (Å²) >= 11 is 3.52. The number of allylic oxidation sites excluding steroid dienone is 4. The Balaban J connectivity index is 1.88. The molecule has 0 radical (unpaired) electrons. The van der Waals surface area contributed by atoms with Crippen LogP contribution in [0, 0.1) is 5.92 Å². The van der Waals surface area contributed by atoms with E-state index in [2.05, 4.69) is 34.0 Å². The summed E-state index contributed by atoms with van der Waals surface area (Å²) in [5.74, 6) is 0.959. The highest BCUT2D eigenvalue weighted by Gasteiger charge is 2.30. The van der Waals surface area contributed by atoms with Gasteiger partial charge in [-0.1, -0.05) is 28.9 Å². The highest BCUT2D eigenvalue weighted by Crippen LogP contribution is 2.34. The number of hydrogen-bond donors (Lipinski definition) is 1. The minimum Gasteiger partial charge on any atom is -0.439 e. The zero-order valence-electron chi connectivity index (χ0n) is 14.5. The SMILES string of the molecule is CC1C=C(c2cc(Oc3ccc(C(F)(F)F)cc3)n(CCO)n2)C=C(Br)C1. The third-order valence-electron chi connectivity index (χ3n) is 4.05. The molecular formula is C19H18BrF3N2O2.